The van der Waals surface area contributed by atoms with Gasteiger partial charge in [0, 0.05) is 20.5 Å². The van der Waals surface area contributed by atoms with Crippen molar-refractivity contribution in [2.45, 2.75) is 38.2 Å². The van der Waals surface area contributed by atoms with Gasteiger partial charge in [0.1, 0.15) is 6.23 Å². The third-order valence-corrected chi connectivity index (χ3v) is 3.75. The second kappa shape index (κ2) is 6.09. The van der Waals surface area contributed by atoms with E-state index in [-0.39, 0.29) is 29.4 Å². The molecular formula is C14H20N6O3. The number of aromatic nitrogens is 4. The number of ether oxygens (including phenoxy) is 1. The lowest BCUT2D eigenvalue weighted by Gasteiger charge is -2.13. The summed E-state index contributed by atoms with van der Waals surface area (Å²) in [5, 5.41) is 10.0. The molecule has 0 unspecified atom stereocenters. The molecule has 1 fully saturated rings. The number of hydrogen-bond acceptors (Lipinski definition) is 6. The van der Waals surface area contributed by atoms with Crippen LogP contribution in [0.3, 0.4) is 0 Å². The van der Waals surface area contributed by atoms with Gasteiger partial charge in [0.2, 0.25) is 5.95 Å². The van der Waals surface area contributed by atoms with Crippen molar-refractivity contribution in [2.75, 3.05) is 14.1 Å². The maximum Gasteiger partial charge on any atom is 0.280 e. The zero-order valence-electron chi connectivity index (χ0n) is 13.3. The number of H-pyrrole nitrogens is 1. The Labute approximate surface area is 132 Å². The lowest BCUT2D eigenvalue weighted by molar-refractivity contribution is -0.0183. The summed E-state index contributed by atoms with van der Waals surface area (Å²) in [6.45, 7) is 1.96. The van der Waals surface area contributed by atoms with Gasteiger partial charge in [-0.2, -0.15) is 4.98 Å². The number of aliphatic hydroxyl groups excluding tert-OH is 1. The van der Waals surface area contributed by atoms with Crippen LogP contribution in [0.2, 0.25) is 0 Å². The van der Waals surface area contributed by atoms with Gasteiger partial charge in [-0.3, -0.25) is 14.3 Å². The Morgan fingerprint density at radius 1 is 1.61 bits per heavy atom. The molecule has 2 aromatic rings. The Bertz CT molecular complexity index is 780. The van der Waals surface area contributed by atoms with Gasteiger partial charge in [0.25, 0.3) is 5.56 Å². The van der Waals surface area contributed by atoms with Crippen molar-refractivity contribution >= 4 is 23.5 Å². The molecule has 2 N–H and O–H groups in total. The molecular weight excluding hydrogens is 300 g/mol. The standard InChI is InChI=1S/C14H20N6O3/c1-4-9-8(21)5-10(23-9)20-7-15-11-12(20)17-14(18-13(11)22)16-6-19(2)3/h6-10,21H,4-5H2,1-3H3,(H,17,18,22)/t8-,9+,10+/m0/s1. The van der Waals surface area contributed by atoms with Crippen LogP contribution >= 0.6 is 0 Å². The fraction of sp³-hybridized carbons (Fsp3) is 0.571. The molecule has 1 aliphatic rings. The van der Waals surface area contributed by atoms with Crippen molar-refractivity contribution in [3.63, 3.8) is 0 Å². The quantitative estimate of drug-likeness (QED) is 0.623. The van der Waals surface area contributed by atoms with Crippen LogP contribution in [0.1, 0.15) is 26.0 Å². The molecule has 3 atom stereocenters. The van der Waals surface area contributed by atoms with Gasteiger partial charge < -0.3 is 14.7 Å². The number of imidazole rings is 1. The first-order valence-corrected chi connectivity index (χ1v) is 7.50. The molecule has 124 valence electrons. The predicted octanol–water partition coefficient (Wildman–Crippen LogP) is 0.399. The van der Waals surface area contributed by atoms with Crippen LogP contribution in [0.4, 0.5) is 5.95 Å². The minimum atomic E-state index is -0.532. The van der Waals surface area contributed by atoms with Gasteiger partial charge in [-0.25, -0.2) is 9.98 Å². The lowest BCUT2D eigenvalue weighted by Crippen LogP contribution is -2.19. The number of hydrogen-bond donors (Lipinski definition) is 2. The van der Waals surface area contributed by atoms with Crippen LogP contribution in [-0.4, -0.2) is 62.2 Å². The van der Waals surface area contributed by atoms with E-state index >= 15 is 0 Å². The number of fused-ring (bicyclic) bond motifs is 1. The number of nitrogens with zero attached hydrogens (tertiary/aromatic N) is 5. The first kappa shape index (κ1) is 15.6. The van der Waals surface area contributed by atoms with Crippen LogP contribution in [0, 0.1) is 0 Å². The van der Waals surface area contributed by atoms with Gasteiger partial charge in [-0.05, 0) is 6.42 Å². The van der Waals surface area contributed by atoms with E-state index < -0.39 is 6.10 Å². The van der Waals surface area contributed by atoms with Crippen LogP contribution in [-0.2, 0) is 4.74 Å². The summed E-state index contributed by atoms with van der Waals surface area (Å²) >= 11 is 0. The van der Waals surface area contributed by atoms with Crippen molar-refractivity contribution in [3.05, 3.63) is 16.7 Å². The summed E-state index contributed by atoms with van der Waals surface area (Å²) in [5.41, 5.74) is 0.269. The number of nitrogens with one attached hydrogen (secondary N) is 1. The summed E-state index contributed by atoms with van der Waals surface area (Å²) in [6.07, 6.45) is 3.09. The third-order valence-electron chi connectivity index (χ3n) is 3.75. The first-order chi connectivity index (χ1) is 11.0. The molecule has 0 saturated carbocycles. The highest BCUT2D eigenvalue weighted by Gasteiger charge is 2.34. The maximum absolute atomic E-state index is 12.1. The Balaban J connectivity index is 2.00. The number of rotatable bonds is 4. The van der Waals surface area contributed by atoms with E-state index in [1.54, 1.807) is 15.8 Å². The summed E-state index contributed by atoms with van der Waals surface area (Å²) in [4.78, 5) is 29.0. The van der Waals surface area contributed by atoms with Crippen molar-refractivity contribution in [1.29, 1.82) is 0 Å². The van der Waals surface area contributed by atoms with Gasteiger partial charge in [-0.15, -0.1) is 0 Å². The average Bonchev–Trinajstić information content (AvgIpc) is 3.08. The Morgan fingerprint density at radius 3 is 3.04 bits per heavy atom. The van der Waals surface area contributed by atoms with Gasteiger partial charge in [-0.1, -0.05) is 6.92 Å². The summed E-state index contributed by atoms with van der Waals surface area (Å²) in [6, 6.07) is 0. The zero-order chi connectivity index (χ0) is 16.6. The van der Waals surface area contributed by atoms with E-state index in [4.69, 9.17) is 4.74 Å². The second-order valence-electron chi connectivity index (χ2n) is 5.76. The van der Waals surface area contributed by atoms with Crippen LogP contribution in [0.25, 0.3) is 11.2 Å². The topological polar surface area (TPSA) is 109 Å². The van der Waals surface area contributed by atoms with E-state index in [1.807, 2.05) is 21.0 Å². The minimum Gasteiger partial charge on any atom is -0.390 e. The van der Waals surface area contributed by atoms with E-state index in [9.17, 15) is 9.90 Å². The molecule has 0 amide bonds. The molecule has 23 heavy (non-hydrogen) atoms. The van der Waals surface area contributed by atoms with Crippen molar-refractivity contribution < 1.29 is 9.84 Å². The predicted molar refractivity (Wildman–Crippen MR) is 84.8 cm³/mol. The summed E-state index contributed by atoms with van der Waals surface area (Å²) in [5.74, 6) is 0.198. The molecule has 3 rings (SSSR count). The highest BCUT2D eigenvalue weighted by atomic mass is 16.5. The third kappa shape index (κ3) is 2.97. The number of aliphatic imine (C=N–C) groups is 1. The fourth-order valence-corrected chi connectivity index (χ4v) is 2.61. The molecule has 3 heterocycles. The Morgan fingerprint density at radius 2 is 2.39 bits per heavy atom. The van der Waals surface area contributed by atoms with E-state index in [0.717, 1.165) is 6.42 Å². The highest BCUT2D eigenvalue weighted by Crippen LogP contribution is 2.31. The number of aliphatic hydroxyl groups is 1. The Hall–Kier alpha value is -2.26. The van der Waals surface area contributed by atoms with Crippen LogP contribution in [0.5, 0.6) is 0 Å². The molecule has 0 aliphatic carbocycles. The highest BCUT2D eigenvalue weighted by molar-refractivity contribution is 5.71. The molecule has 9 heteroatoms. The second-order valence-corrected chi connectivity index (χ2v) is 5.76. The lowest BCUT2D eigenvalue weighted by atomic mass is 10.1. The summed E-state index contributed by atoms with van der Waals surface area (Å²) in [7, 11) is 3.64. The number of aromatic amines is 1. The average molecular weight is 320 g/mol. The fourth-order valence-electron chi connectivity index (χ4n) is 2.61. The maximum atomic E-state index is 12.1. The molecule has 0 radical (unpaired) electrons. The molecule has 1 aliphatic heterocycles. The van der Waals surface area contributed by atoms with Crippen molar-refractivity contribution in [2.24, 2.45) is 4.99 Å². The smallest absolute Gasteiger partial charge is 0.280 e. The molecule has 0 spiro atoms. The molecule has 9 nitrogen and oxygen atoms in total. The molecule has 2 aromatic heterocycles. The largest absolute Gasteiger partial charge is 0.390 e. The van der Waals surface area contributed by atoms with Crippen LogP contribution in [0.15, 0.2) is 16.1 Å². The van der Waals surface area contributed by atoms with Crippen LogP contribution < -0.4 is 5.56 Å². The molecule has 1 saturated heterocycles. The first-order valence-electron chi connectivity index (χ1n) is 7.50. The van der Waals surface area contributed by atoms with Gasteiger partial charge in [0.15, 0.2) is 11.2 Å². The van der Waals surface area contributed by atoms with Crippen molar-refractivity contribution in [3.8, 4) is 0 Å². The van der Waals surface area contributed by atoms with Crippen molar-refractivity contribution in [1.82, 2.24) is 24.4 Å². The zero-order valence-corrected chi connectivity index (χ0v) is 13.3. The Kier molecular flexibility index (Phi) is 4.14. The SMILES string of the molecule is CC[C@H]1O[C@@H](n2cnc3c(=O)[nH]c(N=CN(C)C)nc32)C[C@@H]1O. The minimum absolute atomic E-state index is 0.198. The van der Waals surface area contributed by atoms with E-state index in [0.29, 0.717) is 12.1 Å². The monoisotopic (exact) mass is 320 g/mol. The normalized spacial score (nSPS) is 24.8. The van der Waals surface area contributed by atoms with Gasteiger partial charge in [0.05, 0.1) is 24.9 Å². The van der Waals surface area contributed by atoms with E-state index in [2.05, 4.69) is 19.9 Å². The molecule has 0 aromatic carbocycles. The van der Waals surface area contributed by atoms with Gasteiger partial charge >= 0.3 is 0 Å². The summed E-state index contributed by atoms with van der Waals surface area (Å²) < 4.78 is 7.51. The molecule has 0 bridgehead atoms. The van der Waals surface area contributed by atoms with E-state index in [1.165, 1.54) is 6.33 Å².